The van der Waals surface area contributed by atoms with Gasteiger partial charge in [0.25, 0.3) is 5.91 Å². The summed E-state index contributed by atoms with van der Waals surface area (Å²) < 4.78 is 21.3. The molecule has 2 N–H and O–H groups in total. The van der Waals surface area contributed by atoms with Crippen molar-refractivity contribution in [2.24, 2.45) is 22.9 Å². The number of carbonyl (C=O) groups is 1. The summed E-state index contributed by atoms with van der Waals surface area (Å²) in [6.45, 7) is 11.5. The lowest BCUT2D eigenvalue weighted by molar-refractivity contribution is -0.254. The minimum atomic E-state index is -1.36. The second kappa shape index (κ2) is 21.0. The van der Waals surface area contributed by atoms with E-state index in [0.717, 1.165) is 70.2 Å². The van der Waals surface area contributed by atoms with Gasteiger partial charge in [-0.3, -0.25) is 4.79 Å². The molecule has 1 aliphatic heterocycles. The summed E-state index contributed by atoms with van der Waals surface area (Å²) in [4.78, 5) is 23.6. The molecule has 0 saturated heterocycles. The van der Waals surface area contributed by atoms with E-state index in [4.69, 9.17) is 24.2 Å². The van der Waals surface area contributed by atoms with Crippen LogP contribution in [0, 0.1) is 31.6 Å². The molecule has 0 bridgehead atoms. The molecule has 1 heterocycles. The minimum absolute atomic E-state index is 0.0845. The van der Waals surface area contributed by atoms with Crippen molar-refractivity contribution >= 4 is 22.4 Å². The van der Waals surface area contributed by atoms with Crippen LogP contribution in [0.2, 0.25) is 0 Å². The Hall–Kier alpha value is -5.74. The zero-order chi connectivity index (χ0) is 45.3. The van der Waals surface area contributed by atoms with Crippen LogP contribution >= 0.6 is 0 Å². The molecule has 3 aliphatic rings. The molecule has 1 amide bonds. The monoisotopic (exact) mass is 876 g/mol. The van der Waals surface area contributed by atoms with E-state index in [1.165, 1.54) is 5.56 Å². The van der Waals surface area contributed by atoms with E-state index in [0.29, 0.717) is 49.3 Å². The number of hydrogen-bond acceptors (Lipinski definition) is 8. The molecule has 6 unspecified atom stereocenters. The number of benzene rings is 5. The molecule has 9 heteroatoms. The van der Waals surface area contributed by atoms with Gasteiger partial charge in [-0.15, -0.1) is 6.58 Å². The number of rotatable bonds is 20. The SMILES string of the molecule is C=CCOC12Oc3ccc(Oc4ccc(C)c(C)c4)cc3C3C(CCCCO)C(CCCCO)C=C(C(=NOCc4ccccc4)CC1N(CCC)C(=O)c1ccc4ccccc4c1)C32. The molecule has 65 heavy (non-hydrogen) atoms. The summed E-state index contributed by atoms with van der Waals surface area (Å²) in [5.41, 5.74) is 6.70. The fourth-order valence-electron chi connectivity index (χ4n) is 10.5. The molecule has 1 fully saturated rings. The molecular formula is C56H64N2O7. The third-order valence-corrected chi connectivity index (χ3v) is 13.7. The van der Waals surface area contributed by atoms with Crippen LogP contribution in [0.1, 0.15) is 96.8 Å². The quantitative estimate of drug-likeness (QED) is 0.0455. The van der Waals surface area contributed by atoms with E-state index >= 15 is 4.79 Å². The first-order valence-corrected chi connectivity index (χ1v) is 23.6. The lowest BCUT2D eigenvalue weighted by Gasteiger charge is -2.60. The van der Waals surface area contributed by atoms with Crippen LogP contribution in [0.5, 0.6) is 17.2 Å². The number of aryl methyl sites for hydroxylation is 2. The average Bonchev–Trinajstić information content (AvgIpc) is 3.32. The largest absolute Gasteiger partial charge is 0.459 e. The second-order valence-electron chi connectivity index (χ2n) is 17.9. The summed E-state index contributed by atoms with van der Waals surface area (Å²) in [5.74, 6) is 0.249. The number of aliphatic hydroxyl groups is 2. The van der Waals surface area contributed by atoms with Crippen LogP contribution in [0.15, 0.2) is 139 Å². The van der Waals surface area contributed by atoms with Crippen LogP contribution in [0.3, 0.4) is 0 Å². The topological polar surface area (TPSA) is 110 Å². The van der Waals surface area contributed by atoms with Gasteiger partial charge < -0.3 is 34.2 Å². The molecule has 6 atom stereocenters. The van der Waals surface area contributed by atoms with Crippen molar-refractivity contribution < 1.29 is 34.1 Å². The Morgan fingerprint density at radius 3 is 2.35 bits per heavy atom. The summed E-state index contributed by atoms with van der Waals surface area (Å²) >= 11 is 0. The van der Waals surface area contributed by atoms with Crippen molar-refractivity contribution in [1.29, 1.82) is 0 Å². The van der Waals surface area contributed by atoms with Gasteiger partial charge in [-0.2, -0.15) is 0 Å². The van der Waals surface area contributed by atoms with Crippen LogP contribution in [0.25, 0.3) is 10.8 Å². The number of ether oxygens (including phenoxy) is 3. The lowest BCUT2D eigenvalue weighted by atomic mass is 9.55. The predicted molar refractivity (Wildman–Crippen MR) is 257 cm³/mol. The smallest absolute Gasteiger partial charge is 0.254 e. The molecule has 8 rings (SSSR count). The number of nitrogens with zero attached hydrogens (tertiary/aromatic N) is 2. The number of hydrogen-bond donors (Lipinski definition) is 2. The fraction of sp³-hybridized carbons (Fsp3) is 0.393. The van der Waals surface area contributed by atoms with Crippen molar-refractivity contribution in [2.75, 3.05) is 26.4 Å². The zero-order valence-corrected chi connectivity index (χ0v) is 38.2. The normalized spacial score (nSPS) is 22.6. The van der Waals surface area contributed by atoms with Gasteiger partial charge in [0.2, 0.25) is 5.79 Å². The van der Waals surface area contributed by atoms with Gasteiger partial charge >= 0.3 is 0 Å². The lowest BCUT2D eigenvalue weighted by Crippen LogP contribution is -2.70. The number of amides is 1. The minimum Gasteiger partial charge on any atom is -0.459 e. The third-order valence-electron chi connectivity index (χ3n) is 13.7. The number of unbranched alkanes of at least 4 members (excludes halogenated alkanes) is 2. The van der Waals surface area contributed by atoms with Gasteiger partial charge in [0.05, 0.1) is 18.2 Å². The van der Waals surface area contributed by atoms with Gasteiger partial charge in [-0.05, 0) is 133 Å². The number of fused-ring (bicyclic) bond motifs is 3. The van der Waals surface area contributed by atoms with Gasteiger partial charge in [0.1, 0.15) is 29.9 Å². The highest BCUT2D eigenvalue weighted by atomic mass is 16.7. The first-order chi connectivity index (χ1) is 31.8. The van der Waals surface area contributed by atoms with Crippen molar-refractivity contribution in [3.8, 4) is 17.2 Å². The Balaban J connectivity index is 1.33. The van der Waals surface area contributed by atoms with Crippen LogP contribution in [-0.4, -0.2) is 64.9 Å². The molecule has 2 aliphatic carbocycles. The Kier molecular flexibility index (Phi) is 14.8. The Labute approximate surface area is 384 Å². The maximum absolute atomic E-state index is 15.3. The second-order valence-corrected chi connectivity index (χ2v) is 17.9. The first-order valence-electron chi connectivity index (χ1n) is 23.6. The molecule has 0 aromatic heterocycles. The van der Waals surface area contributed by atoms with Gasteiger partial charge in [0, 0.05) is 43.2 Å². The van der Waals surface area contributed by atoms with Crippen LogP contribution in [-0.2, 0) is 16.2 Å². The summed E-state index contributed by atoms with van der Waals surface area (Å²) in [7, 11) is 0. The first kappa shape index (κ1) is 45.8. The number of carbonyl (C=O) groups excluding carboxylic acids is 1. The highest BCUT2D eigenvalue weighted by molar-refractivity contribution is 6.04. The maximum Gasteiger partial charge on any atom is 0.254 e. The van der Waals surface area contributed by atoms with Gasteiger partial charge in [-0.1, -0.05) is 104 Å². The third kappa shape index (κ3) is 9.79. The predicted octanol–water partition coefficient (Wildman–Crippen LogP) is 11.6. The summed E-state index contributed by atoms with van der Waals surface area (Å²) in [6, 6.07) is 35.6. The molecule has 0 spiro atoms. The van der Waals surface area contributed by atoms with Gasteiger partial charge in [-0.25, -0.2) is 0 Å². The molecular weight excluding hydrogens is 813 g/mol. The number of allylic oxidation sites excluding steroid dienone is 1. The fourth-order valence-corrected chi connectivity index (χ4v) is 10.5. The van der Waals surface area contributed by atoms with Gasteiger partial charge in [0.15, 0.2) is 0 Å². The highest BCUT2D eigenvalue weighted by Gasteiger charge is 2.65. The molecule has 1 saturated carbocycles. The van der Waals surface area contributed by atoms with Crippen molar-refractivity contribution in [3.63, 3.8) is 0 Å². The van der Waals surface area contributed by atoms with E-state index in [2.05, 4.69) is 57.7 Å². The molecule has 5 aromatic rings. The van der Waals surface area contributed by atoms with Crippen molar-refractivity contribution in [1.82, 2.24) is 4.90 Å². The summed E-state index contributed by atoms with van der Waals surface area (Å²) in [6.07, 6.45) is 9.91. The van der Waals surface area contributed by atoms with E-state index in [1.807, 2.05) is 89.8 Å². The Morgan fingerprint density at radius 1 is 0.862 bits per heavy atom. The van der Waals surface area contributed by atoms with E-state index in [-0.39, 0.29) is 50.1 Å². The zero-order valence-electron chi connectivity index (χ0n) is 38.2. The molecule has 5 aromatic carbocycles. The number of aliphatic hydroxyl groups excluding tert-OH is 2. The molecule has 0 radical (unpaired) electrons. The average molecular weight is 877 g/mol. The van der Waals surface area contributed by atoms with Crippen molar-refractivity contribution in [3.05, 3.63) is 161 Å². The molecule has 9 nitrogen and oxygen atoms in total. The maximum atomic E-state index is 15.3. The van der Waals surface area contributed by atoms with Crippen molar-refractivity contribution in [2.45, 2.75) is 96.5 Å². The van der Waals surface area contributed by atoms with Crippen LogP contribution < -0.4 is 9.47 Å². The summed E-state index contributed by atoms with van der Waals surface area (Å²) in [5, 5.41) is 27.1. The number of oxime groups is 1. The van der Waals surface area contributed by atoms with E-state index in [9.17, 15) is 10.2 Å². The Bertz CT molecular complexity index is 2500. The standard InChI is InChI=1S/C56H64N2O7/c1-5-28-58(55(61)44-24-23-41-18-10-11-19-42(41)33-44)52-36-50(57-63-37-40-16-8-7-9-17-40)48-34-43(20-12-14-29-59)47(21-13-15-30-60)53-49-35-46(64-45-25-22-38(3)39(4)32-45)26-27-51(49)65-56(52,54(48)53)62-31-6-2/h6-11,16-19,22-27,32-35,43,47,52-54,59-60H,2,5,12-15,20-21,28-31,36-37H2,1,3-4H3. The highest BCUT2D eigenvalue weighted by Crippen LogP contribution is 2.62. The van der Waals surface area contributed by atoms with E-state index < -0.39 is 17.7 Å². The van der Waals surface area contributed by atoms with E-state index in [1.54, 1.807) is 6.08 Å². The Morgan fingerprint density at radius 2 is 1.60 bits per heavy atom. The van der Waals surface area contributed by atoms with Crippen LogP contribution in [0.4, 0.5) is 0 Å². The molecule has 340 valence electrons.